The third-order valence-electron chi connectivity index (χ3n) is 2.31. The van der Waals surface area contributed by atoms with Crippen LogP contribution in [0.3, 0.4) is 0 Å². The fourth-order valence-corrected chi connectivity index (χ4v) is 2.23. The van der Waals surface area contributed by atoms with Crippen molar-refractivity contribution in [3.63, 3.8) is 0 Å². The maximum Gasteiger partial charge on any atom is 0.326 e. The van der Waals surface area contributed by atoms with E-state index in [1.54, 1.807) is 6.92 Å². The van der Waals surface area contributed by atoms with Crippen LogP contribution in [0.1, 0.15) is 11.3 Å². The summed E-state index contributed by atoms with van der Waals surface area (Å²) in [5, 5.41) is 14.4. The van der Waals surface area contributed by atoms with Crippen molar-refractivity contribution in [2.75, 3.05) is 5.32 Å². The molecule has 17 heavy (non-hydrogen) atoms. The number of rotatable bonds is 4. The standard InChI is InChI=1S/C11H11N3O2S/c1-8-10(14(15)16)11(17-13-8)12-7-9-5-3-2-4-6-9/h2-6,12H,7H2,1H3. The molecule has 2 aromatic rings. The van der Waals surface area contributed by atoms with Crippen LogP contribution in [0, 0.1) is 17.0 Å². The van der Waals surface area contributed by atoms with E-state index >= 15 is 0 Å². The van der Waals surface area contributed by atoms with E-state index in [0.717, 1.165) is 17.1 Å². The monoisotopic (exact) mass is 249 g/mol. The van der Waals surface area contributed by atoms with Crippen LogP contribution in [0.4, 0.5) is 10.7 Å². The zero-order chi connectivity index (χ0) is 12.3. The minimum atomic E-state index is -0.397. The number of nitro groups is 1. The van der Waals surface area contributed by atoms with E-state index in [1.807, 2.05) is 30.3 Å². The lowest BCUT2D eigenvalue weighted by Crippen LogP contribution is -2.00. The van der Waals surface area contributed by atoms with Gasteiger partial charge >= 0.3 is 5.69 Å². The number of benzene rings is 1. The summed E-state index contributed by atoms with van der Waals surface area (Å²) in [5.74, 6) is 0. The molecule has 1 aromatic carbocycles. The average Bonchev–Trinajstić information content (AvgIpc) is 2.69. The minimum absolute atomic E-state index is 0.0749. The van der Waals surface area contributed by atoms with Gasteiger partial charge < -0.3 is 5.32 Å². The Morgan fingerprint density at radius 2 is 2.12 bits per heavy atom. The van der Waals surface area contributed by atoms with E-state index in [0.29, 0.717) is 17.2 Å². The van der Waals surface area contributed by atoms with Gasteiger partial charge in [0.05, 0.1) is 4.92 Å². The van der Waals surface area contributed by atoms with Crippen LogP contribution in [0.2, 0.25) is 0 Å². The molecule has 0 aliphatic carbocycles. The molecular formula is C11H11N3O2S. The van der Waals surface area contributed by atoms with Crippen molar-refractivity contribution in [3.8, 4) is 0 Å². The van der Waals surface area contributed by atoms with Gasteiger partial charge in [0.2, 0.25) is 0 Å². The molecule has 0 fully saturated rings. The fourth-order valence-electron chi connectivity index (χ4n) is 1.47. The largest absolute Gasteiger partial charge is 0.366 e. The SMILES string of the molecule is Cc1nsc(NCc2ccccc2)c1[N+](=O)[O-]. The first kappa shape index (κ1) is 11.5. The Morgan fingerprint density at radius 1 is 1.41 bits per heavy atom. The first-order chi connectivity index (χ1) is 8.18. The molecule has 0 atom stereocenters. The van der Waals surface area contributed by atoms with E-state index in [-0.39, 0.29) is 5.69 Å². The molecule has 1 N–H and O–H groups in total. The molecule has 6 heteroatoms. The second-order valence-electron chi connectivity index (χ2n) is 3.54. The first-order valence-electron chi connectivity index (χ1n) is 5.07. The van der Waals surface area contributed by atoms with Crippen LogP contribution in [0.15, 0.2) is 30.3 Å². The van der Waals surface area contributed by atoms with Gasteiger partial charge in [-0.2, -0.15) is 4.37 Å². The number of aromatic nitrogens is 1. The number of nitrogens with zero attached hydrogens (tertiary/aromatic N) is 2. The van der Waals surface area contributed by atoms with Gasteiger partial charge in [-0.25, -0.2) is 0 Å². The van der Waals surface area contributed by atoms with Crippen molar-refractivity contribution in [1.29, 1.82) is 0 Å². The molecule has 5 nitrogen and oxygen atoms in total. The molecule has 0 amide bonds. The van der Waals surface area contributed by atoms with E-state index in [2.05, 4.69) is 9.69 Å². The molecule has 0 bridgehead atoms. The van der Waals surface area contributed by atoms with Crippen molar-refractivity contribution in [2.24, 2.45) is 0 Å². The summed E-state index contributed by atoms with van der Waals surface area (Å²) in [6.45, 7) is 2.20. The molecule has 1 aromatic heterocycles. The Hall–Kier alpha value is -1.95. The molecule has 2 rings (SSSR count). The highest BCUT2D eigenvalue weighted by Gasteiger charge is 2.21. The summed E-state index contributed by atoms with van der Waals surface area (Å²) >= 11 is 1.12. The van der Waals surface area contributed by atoms with Gasteiger partial charge in [-0.05, 0) is 24.0 Å². The Bertz CT molecular complexity index is 525. The maximum absolute atomic E-state index is 10.8. The number of anilines is 1. The minimum Gasteiger partial charge on any atom is -0.366 e. The van der Waals surface area contributed by atoms with Crippen LogP contribution in [0.5, 0.6) is 0 Å². The van der Waals surface area contributed by atoms with Gasteiger partial charge in [0, 0.05) is 6.54 Å². The lowest BCUT2D eigenvalue weighted by molar-refractivity contribution is -0.384. The van der Waals surface area contributed by atoms with Gasteiger partial charge in [-0.15, -0.1) is 0 Å². The second kappa shape index (κ2) is 4.92. The summed E-state index contributed by atoms with van der Waals surface area (Å²) in [5.41, 5.74) is 1.61. The Balaban J connectivity index is 2.12. The molecular weight excluding hydrogens is 238 g/mol. The summed E-state index contributed by atoms with van der Waals surface area (Å²) in [7, 11) is 0. The Morgan fingerprint density at radius 3 is 2.76 bits per heavy atom. The van der Waals surface area contributed by atoms with E-state index in [4.69, 9.17) is 0 Å². The molecule has 0 unspecified atom stereocenters. The van der Waals surface area contributed by atoms with Crippen LogP contribution in [-0.4, -0.2) is 9.30 Å². The number of hydrogen-bond donors (Lipinski definition) is 1. The first-order valence-corrected chi connectivity index (χ1v) is 5.84. The molecule has 0 spiro atoms. The topological polar surface area (TPSA) is 68.1 Å². The molecule has 1 heterocycles. The van der Waals surface area contributed by atoms with Crippen LogP contribution >= 0.6 is 11.5 Å². The average molecular weight is 249 g/mol. The molecule has 0 radical (unpaired) electrons. The number of hydrogen-bond acceptors (Lipinski definition) is 5. The molecule has 88 valence electrons. The lowest BCUT2D eigenvalue weighted by atomic mass is 10.2. The molecule has 0 aliphatic heterocycles. The third-order valence-corrected chi connectivity index (χ3v) is 3.20. The number of nitrogens with one attached hydrogen (secondary N) is 1. The van der Waals surface area contributed by atoms with Gasteiger partial charge in [-0.1, -0.05) is 30.3 Å². The van der Waals surface area contributed by atoms with Gasteiger partial charge in [0.1, 0.15) is 5.69 Å². The summed E-state index contributed by atoms with van der Waals surface area (Å²) in [6, 6.07) is 9.73. The molecule has 0 aliphatic rings. The maximum atomic E-state index is 10.8. The molecule has 0 saturated heterocycles. The summed E-state index contributed by atoms with van der Waals surface area (Å²) < 4.78 is 3.99. The quantitative estimate of drug-likeness (QED) is 0.668. The lowest BCUT2D eigenvalue weighted by Gasteiger charge is -2.02. The summed E-state index contributed by atoms with van der Waals surface area (Å²) in [4.78, 5) is 10.5. The predicted octanol–water partition coefficient (Wildman–Crippen LogP) is 2.97. The summed E-state index contributed by atoms with van der Waals surface area (Å²) in [6.07, 6.45) is 0. The zero-order valence-corrected chi connectivity index (χ0v) is 10.0. The van der Waals surface area contributed by atoms with E-state index in [9.17, 15) is 10.1 Å². The smallest absolute Gasteiger partial charge is 0.326 e. The van der Waals surface area contributed by atoms with Crippen LogP contribution in [-0.2, 0) is 6.54 Å². The molecule has 0 saturated carbocycles. The van der Waals surface area contributed by atoms with Crippen molar-refractivity contribution >= 4 is 22.2 Å². The highest BCUT2D eigenvalue weighted by Crippen LogP contribution is 2.32. The zero-order valence-electron chi connectivity index (χ0n) is 9.21. The fraction of sp³-hybridized carbons (Fsp3) is 0.182. The van der Waals surface area contributed by atoms with Gasteiger partial charge in [0.15, 0.2) is 5.00 Å². The third kappa shape index (κ3) is 2.59. The van der Waals surface area contributed by atoms with Crippen LogP contribution < -0.4 is 5.32 Å². The van der Waals surface area contributed by atoms with Gasteiger partial charge in [-0.3, -0.25) is 10.1 Å². The highest BCUT2D eigenvalue weighted by atomic mass is 32.1. The Kier molecular flexibility index (Phi) is 3.34. The number of aryl methyl sites for hydroxylation is 1. The highest BCUT2D eigenvalue weighted by molar-refractivity contribution is 7.10. The van der Waals surface area contributed by atoms with Crippen molar-refractivity contribution in [2.45, 2.75) is 13.5 Å². The second-order valence-corrected chi connectivity index (χ2v) is 4.32. The van der Waals surface area contributed by atoms with Crippen molar-refractivity contribution in [1.82, 2.24) is 4.37 Å². The van der Waals surface area contributed by atoms with Crippen molar-refractivity contribution < 1.29 is 4.92 Å². The van der Waals surface area contributed by atoms with E-state index < -0.39 is 4.92 Å². The predicted molar refractivity (Wildman–Crippen MR) is 67.3 cm³/mol. The van der Waals surface area contributed by atoms with Crippen molar-refractivity contribution in [3.05, 3.63) is 51.7 Å². The van der Waals surface area contributed by atoms with Crippen LogP contribution in [0.25, 0.3) is 0 Å². The van der Waals surface area contributed by atoms with Gasteiger partial charge in [0.25, 0.3) is 0 Å². The van der Waals surface area contributed by atoms with E-state index in [1.165, 1.54) is 0 Å². The Labute approximate surface area is 102 Å². The normalized spacial score (nSPS) is 10.2.